The van der Waals surface area contributed by atoms with Gasteiger partial charge in [0, 0.05) is 24.4 Å². The number of piperidine rings is 1. The maximum absolute atomic E-state index is 12.3. The quantitative estimate of drug-likeness (QED) is 0.419. The summed E-state index contributed by atoms with van der Waals surface area (Å²) < 4.78 is 12.1. The van der Waals surface area contributed by atoms with Gasteiger partial charge >= 0.3 is 0 Å². The molecule has 1 fully saturated rings. The van der Waals surface area contributed by atoms with Gasteiger partial charge in [-0.3, -0.25) is 9.52 Å². The van der Waals surface area contributed by atoms with Gasteiger partial charge in [-0.05, 0) is 67.6 Å². The van der Waals surface area contributed by atoms with Gasteiger partial charge in [-0.2, -0.15) is 5.26 Å². The van der Waals surface area contributed by atoms with Gasteiger partial charge in [-0.15, -0.1) is 0 Å². The molecule has 166 valence electrons. The summed E-state index contributed by atoms with van der Waals surface area (Å²) in [6.45, 7) is 1.35. The Morgan fingerprint density at radius 3 is 3.06 bits per heavy atom. The first-order chi connectivity index (χ1) is 15.6. The van der Waals surface area contributed by atoms with Crippen molar-refractivity contribution in [1.29, 1.82) is 5.26 Å². The summed E-state index contributed by atoms with van der Waals surface area (Å²) in [5.74, 6) is 0.520. The highest BCUT2D eigenvalue weighted by Gasteiger charge is 2.24. The fourth-order valence-corrected chi connectivity index (χ4v) is 5.19. The third-order valence-corrected chi connectivity index (χ3v) is 6.99. The lowest BCUT2D eigenvalue weighted by Gasteiger charge is -2.37. The van der Waals surface area contributed by atoms with Gasteiger partial charge in [0.25, 0.3) is 5.91 Å². The number of nitrogens with one attached hydrogen (secondary N) is 2. The molecule has 2 heterocycles. The van der Waals surface area contributed by atoms with Crippen molar-refractivity contribution in [2.24, 2.45) is 0 Å². The molecule has 0 radical (unpaired) electrons. The van der Waals surface area contributed by atoms with Gasteiger partial charge < -0.3 is 14.4 Å². The third kappa shape index (κ3) is 4.96. The molecule has 0 aromatic heterocycles. The molecular weight excluding hydrogens is 464 g/mol. The number of carbonyl (C=O) groups excluding carboxylic acids is 1. The lowest BCUT2D eigenvalue weighted by atomic mass is 10.00. The fourth-order valence-electron chi connectivity index (χ4n) is 3.88. The van der Waals surface area contributed by atoms with Crippen molar-refractivity contribution in [3.63, 3.8) is 0 Å². The molecule has 1 atom stereocenters. The van der Waals surface area contributed by atoms with Crippen LogP contribution in [0.25, 0.3) is 0 Å². The van der Waals surface area contributed by atoms with Crippen molar-refractivity contribution in [1.82, 2.24) is 4.72 Å². The fraction of sp³-hybridized carbons (Fsp3) is 0.304. The molecule has 0 aliphatic carbocycles. The minimum absolute atomic E-state index is 0.165. The molecule has 0 saturated carbocycles. The number of fused-ring (bicyclic) bond motifs is 4. The Bertz CT molecular complexity index is 1090. The van der Waals surface area contributed by atoms with E-state index in [4.69, 9.17) is 16.3 Å². The highest BCUT2D eigenvalue weighted by molar-refractivity contribution is 8.00. The number of halogens is 1. The predicted octanol–water partition coefficient (Wildman–Crippen LogP) is 5.65. The van der Waals surface area contributed by atoms with E-state index in [0.29, 0.717) is 28.5 Å². The molecule has 2 N–H and O–H groups in total. The van der Waals surface area contributed by atoms with Gasteiger partial charge in [0.15, 0.2) is 0 Å². The van der Waals surface area contributed by atoms with Crippen molar-refractivity contribution in [2.75, 3.05) is 29.0 Å². The topological polar surface area (TPSA) is 77.4 Å². The average Bonchev–Trinajstić information content (AvgIpc) is 2.81. The van der Waals surface area contributed by atoms with Gasteiger partial charge in [-0.25, -0.2) is 0 Å². The molecule has 2 aromatic rings. The molecule has 2 aromatic carbocycles. The van der Waals surface area contributed by atoms with Crippen LogP contribution in [0.15, 0.2) is 47.4 Å². The van der Waals surface area contributed by atoms with Crippen molar-refractivity contribution >= 4 is 52.8 Å². The first-order valence-electron chi connectivity index (χ1n) is 10.3. The van der Waals surface area contributed by atoms with Crippen LogP contribution in [0.1, 0.15) is 35.2 Å². The van der Waals surface area contributed by atoms with E-state index in [1.807, 2.05) is 18.2 Å². The number of carbonyl (C=O) groups is 1. The summed E-state index contributed by atoms with van der Waals surface area (Å²) in [6.07, 6.45) is 9.35. The summed E-state index contributed by atoms with van der Waals surface area (Å²) in [4.78, 5) is 15.4. The summed E-state index contributed by atoms with van der Waals surface area (Å²) >= 11 is 9.03. The second kappa shape index (κ2) is 10.4. The molecule has 1 saturated heterocycles. The number of hydrogen-bond donors (Lipinski definition) is 2. The largest absolute Gasteiger partial charge is 0.488 e. The Labute approximate surface area is 201 Å². The van der Waals surface area contributed by atoms with Crippen LogP contribution in [0, 0.1) is 11.3 Å². The van der Waals surface area contributed by atoms with E-state index >= 15 is 0 Å². The molecule has 6 nitrogen and oxygen atoms in total. The molecule has 2 aliphatic heterocycles. The minimum Gasteiger partial charge on any atom is -0.488 e. The number of benzene rings is 2. The number of ether oxygens (including phenoxy) is 1. The second-order valence-electron chi connectivity index (χ2n) is 7.46. The van der Waals surface area contributed by atoms with Crippen LogP contribution >= 0.6 is 35.5 Å². The Hall–Kier alpha value is -2.47. The van der Waals surface area contributed by atoms with Crippen molar-refractivity contribution in [2.45, 2.75) is 30.2 Å². The second-order valence-corrected chi connectivity index (χ2v) is 9.33. The minimum atomic E-state index is -0.165. The average molecular weight is 487 g/mol. The Morgan fingerprint density at radius 2 is 2.25 bits per heavy atom. The van der Waals surface area contributed by atoms with E-state index in [0.717, 1.165) is 42.1 Å². The zero-order valence-electron chi connectivity index (χ0n) is 17.6. The van der Waals surface area contributed by atoms with E-state index in [9.17, 15) is 10.1 Å². The molecule has 4 rings (SSSR count). The maximum Gasteiger partial charge on any atom is 0.261 e. The molecule has 1 amide bonds. The number of hydrogen-bond acceptors (Lipinski definition) is 7. The van der Waals surface area contributed by atoms with Gasteiger partial charge in [-0.1, -0.05) is 29.6 Å². The normalized spacial score (nSPS) is 18.8. The van der Waals surface area contributed by atoms with E-state index in [2.05, 4.69) is 26.5 Å². The third-order valence-electron chi connectivity index (χ3n) is 5.43. The van der Waals surface area contributed by atoms with Crippen LogP contribution in [0.5, 0.6) is 5.75 Å². The monoisotopic (exact) mass is 486 g/mol. The predicted molar refractivity (Wildman–Crippen MR) is 133 cm³/mol. The van der Waals surface area contributed by atoms with Gasteiger partial charge in [0.2, 0.25) is 0 Å². The van der Waals surface area contributed by atoms with Crippen molar-refractivity contribution < 1.29 is 9.53 Å². The summed E-state index contributed by atoms with van der Waals surface area (Å²) in [6, 6.07) is 11.4. The molecule has 2 aliphatic rings. The molecule has 32 heavy (non-hydrogen) atoms. The molecule has 0 spiro atoms. The SMILES string of the molecule is CSNC(=O)c1ccc2c(c1)SNc1cc(C#N)c(Cl)cc1N1CCCCC1/C=C/CO2. The lowest BCUT2D eigenvalue weighted by Crippen LogP contribution is -2.38. The number of nitrogens with zero attached hydrogens (tertiary/aromatic N) is 2. The van der Waals surface area contributed by atoms with Gasteiger partial charge in [0.1, 0.15) is 18.4 Å². The zero-order valence-corrected chi connectivity index (χ0v) is 19.9. The number of anilines is 2. The van der Waals surface area contributed by atoms with Crippen molar-refractivity contribution in [3.8, 4) is 11.8 Å². The van der Waals surface area contributed by atoms with E-state index in [1.165, 1.54) is 23.9 Å². The van der Waals surface area contributed by atoms with Crippen LogP contribution in [-0.4, -0.2) is 31.4 Å². The Morgan fingerprint density at radius 1 is 1.38 bits per heavy atom. The van der Waals surface area contributed by atoms with Crippen LogP contribution in [0.4, 0.5) is 11.4 Å². The maximum atomic E-state index is 12.3. The van der Waals surface area contributed by atoms with Gasteiger partial charge in [0.05, 0.1) is 26.9 Å². The molecule has 0 bridgehead atoms. The van der Waals surface area contributed by atoms with E-state index < -0.39 is 0 Å². The highest BCUT2D eigenvalue weighted by Crippen LogP contribution is 2.40. The number of amides is 1. The Kier molecular flexibility index (Phi) is 7.40. The summed E-state index contributed by atoms with van der Waals surface area (Å²) in [7, 11) is 0. The first-order valence-corrected chi connectivity index (χ1v) is 12.7. The van der Waals surface area contributed by atoms with Crippen LogP contribution in [-0.2, 0) is 0 Å². The van der Waals surface area contributed by atoms with Crippen LogP contribution in [0.3, 0.4) is 0 Å². The lowest BCUT2D eigenvalue weighted by molar-refractivity contribution is 0.0984. The van der Waals surface area contributed by atoms with Crippen molar-refractivity contribution in [3.05, 3.63) is 58.6 Å². The zero-order chi connectivity index (χ0) is 22.5. The standard InChI is InChI=1S/C23H23ClN4O2S2/c1-31-27-23(29)15-7-8-21-22(12-15)32-26-19-11-16(14-25)18(24)13-20(19)28-9-3-2-5-17(28)6-4-10-30-21/h4,6-8,11-13,17,26H,2-3,5,9-10H2,1H3,(H,27,29)/b6-4+. The van der Waals surface area contributed by atoms with Crippen LogP contribution < -0.4 is 19.1 Å². The smallest absolute Gasteiger partial charge is 0.261 e. The first kappa shape index (κ1) is 22.7. The highest BCUT2D eigenvalue weighted by atomic mass is 35.5. The van der Waals surface area contributed by atoms with Crippen LogP contribution in [0.2, 0.25) is 5.02 Å². The number of rotatable bonds is 2. The molecule has 1 unspecified atom stereocenters. The molecular formula is C23H23ClN4O2S2. The summed E-state index contributed by atoms with van der Waals surface area (Å²) in [5, 5.41) is 9.95. The molecule has 9 heteroatoms. The summed E-state index contributed by atoms with van der Waals surface area (Å²) in [5.41, 5.74) is 2.74. The number of nitriles is 1. The Balaban J connectivity index is 1.76. The van der Waals surface area contributed by atoms with E-state index in [1.54, 1.807) is 24.5 Å². The van der Waals surface area contributed by atoms with E-state index in [-0.39, 0.29) is 11.9 Å².